The lowest BCUT2D eigenvalue weighted by Crippen LogP contribution is -1.94. The molecule has 53 heavy (non-hydrogen) atoms. The van der Waals surface area contributed by atoms with E-state index in [0.717, 1.165) is 33.5 Å². The maximum atomic E-state index is 10.1. The van der Waals surface area contributed by atoms with Gasteiger partial charge in [0.25, 0.3) is 0 Å². The van der Waals surface area contributed by atoms with Gasteiger partial charge in [0.15, 0.2) is 0 Å². The van der Waals surface area contributed by atoms with Crippen molar-refractivity contribution in [2.75, 3.05) is 0 Å². The van der Waals surface area contributed by atoms with Crippen LogP contribution in [0.4, 0.5) is 0 Å². The highest BCUT2D eigenvalue weighted by Gasteiger charge is 2.20. The molecule has 0 amide bonds. The van der Waals surface area contributed by atoms with Crippen LogP contribution >= 0.6 is 0 Å². The summed E-state index contributed by atoms with van der Waals surface area (Å²) in [6, 6.07) is 71.5. The molecule has 0 aliphatic carbocycles. The van der Waals surface area contributed by atoms with E-state index in [4.69, 9.17) is 0 Å². The van der Waals surface area contributed by atoms with Gasteiger partial charge >= 0.3 is 0 Å². The van der Waals surface area contributed by atoms with Crippen LogP contribution in [-0.4, -0.2) is 4.57 Å². The lowest BCUT2D eigenvalue weighted by Gasteiger charge is -2.20. The molecule has 0 radical (unpaired) electrons. The van der Waals surface area contributed by atoms with Crippen molar-refractivity contribution in [2.45, 2.75) is 0 Å². The second-order valence-electron chi connectivity index (χ2n) is 13.6. The van der Waals surface area contributed by atoms with Crippen molar-refractivity contribution in [3.63, 3.8) is 0 Å². The first-order valence-electron chi connectivity index (χ1n) is 18.0. The maximum Gasteiger partial charge on any atom is 0.0991 e. The van der Waals surface area contributed by atoms with E-state index >= 15 is 0 Å². The van der Waals surface area contributed by atoms with Crippen molar-refractivity contribution in [2.24, 2.45) is 0 Å². The standard InChI is InChI=1S/C51H32N2/c52-33-34-25-30-46(51-44-21-6-4-19-42(44)50(36-13-2-1-3-14-36)43-20-5-7-22-45(43)51)47(31-34)38-16-12-15-37(32-38)35-26-28-39(29-27-35)53-48-23-10-8-17-40(48)41-18-9-11-24-49(41)53/h1-32H. The number of hydrogen-bond donors (Lipinski definition) is 0. The topological polar surface area (TPSA) is 28.7 Å². The number of fused-ring (bicyclic) bond motifs is 5. The molecule has 0 aliphatic heterocycles. The van der Waals surface area contributed by atoms with Gasteiger partial charge in [-0.3, -0.25) is 0 Å². The average Bonchev–Trinajstić information content (AvgIpc) is 3.57. The molecule has 0 saturated heterocycles. The highest BCUT2D eigenvalue weighted by molar-refractivity contribution is 6.22. The molecule has 0 fully saturated rings. The molecule has 0 bridgehead atoms. The van der Waals surface area contributed by atoms with Crippen molar-refractivity contribution >= 4 is 43.4 Å². The second kappa shape index (κ2) is 12.5. The van der Waals surface area contributed by atoms with E-state index in [1.165, 1.54) is 60.0 Å². The number of nitriles is 1. The Morgan fingerprint density at radius 3 is 1.45 bits per heavy atom. The maximum absolute atomic E-state index is 10.1. The van der Waals surface area contributed by atoms with Gasteiger partial charge in [-0.2, -0.15) is 5.26 Å². The van der Waals surface area contributed by atoms with Crippen LogP contribution in [0.3, 0.4) is 0 Å². The molecule has 0 unspecified atom stereocenters. The van der Waals surface area contributed by atoms with Crippen LogP contribution < -0.4 is 0 Å². The van der Waals surface area contributed by atoms with E-state index in [-0.39, 0.29) is 0 Å². The monoisotopic (exact) mass is 672 g/mol. The van der Waals surface area contributed by atoms with E-state index in [2.05, 4.69) is 199 Å². The third-order valence-electron chi connectivity index (χ3n) is 10.6. The summed E-state index contributed by atoms with van der Waals surface area (Å²) in [5, 5.41) is 17.4. The van der Waals surface area contributed by atoms with Crippen molar-refractivity contribution in [1.29, 1.82) is 5.26 Å². The Bertz CT molecular complexity index is 2940. The van der Waals surface area contributed by atoms with Gasteiger partial charge in [-0.05, 0) is 109 Å². The third kappa shape index (κ3) is 5.02. The van der Waals surface area contributed by atoms with Gasteiger partial charge in [0.1, 0.15) is 0 Å². The normalized spacial score (nSPS) is 11.4. The zero-order chi connectivity index (χ0) is 35.3. The zero-order valence-electron chi connectivity index (χ0n) is 28.9. The molecule has 1 aromatic heterocycles. The quantitative estimate of drug-likeness (QED) is 0.167. The van der Waals surface area contributed by atoms with E-state index in [0.29, 0.717) is 5.56 Å². The van der Waals surface area contributed by atoms with Crippen LogP contribution in [-0.2, 0) is 0 Å². The zero-order valence-corrected chi connectivity index (χ0v) is 28.9. The number of para-hydroxylation sites is 2. The smallest absolute Gasteiger partial charge is 0.0991 e. The molecule has 0 N–H and O–H groups in total. The summed E-state index contributed by atoms with van der Waals surface area (Å²) in [6.45, 7) is 0. The summed E-state index contributed by atoms with van der Waals surface area (Å²) in [5.74, 6) is 0. The fraction of sp³-hybridized carbons (Fsp3) is 0. The van der Waals surface area contributed by atoms with Crippen molar-refractivity contribution in [1.82, 2.24) is 4.57 Å². The predicted molar refractivity (Wildman–Crippen MR) is 222 cm³/mol. The van der Waals surface area contributed by atoms with Gasteiger partial charge in [-0.25, -0.2) is 0 Å². The van der Waals surface area contributed by atoms with Gasteiger partial charge in [0.05, 0.1) is 22.7 Å². The highest BCUT2D eigenvalue weighted by atomic mass is 15.0. The lowest BCUT2D eigenvalue weighted by molar-refractivity contribution is 1.18. The summed E-state index contributed by atoms with van der Waals surface area (Å²) in [7, 11) is 0. The fourth-order valence-corrected chi connectivity index (χ4v) is 8.28. The average molecular weight is 673 g/mol. The molecule has 2 nitrogen and oxygen atoms in total. The Balaban J connectivity index is 1.13. The van der Waals surface area contributed by atoms with E-state index in [1.54, 1.807) is 0 Å². The summed E-state index contributed by atoms with van der Waals surface area (Å²) >= 11 is 0. The molecule has 0 aliphatic rings. The van der Waals surface area contributed by atoms with Gasteiger partial charge < -0.3 is 4.57 Å². The summed E-state index contributed by atoms with van der Waals surface area (Å²) < 4.78 is 2.35. The molecule has 2 heteroatoms. The van der Waals surface area contributed by atoms with Crippen LogP contribution in [0.25, 0.3) is 93.5 Å². The first kappa shape index (κ1) is 30.6. The minimum Gasteiger partial charge on any atom is -0.309 e. The van der Waals surface area contributed by atoms with E-state index in [9.17, 15) is 5.26 Å². The number of benzene rings is 9. The van der Waals surface area contributed by atoms with Gasteiger partial charge in [-0.1, -0.05) is 152 Å². The first-order chi connectivity index (χ1) is 26.3. The molecule has 10 rings (SSSR count). The molecule has 1 heterocycles. The van der Waals surface area contributed by atoms with Crippen LogP contribution in [0.15, 0.2) is 194 Å². The Kier molecular flexibility index (Phi) is 7.23. The Hall–Kier alpha value is -7.21. The lowest BCUT2D eigenvalue weighted by atomic mass is 9.83. The van der Waals surface area contributed by atoms with Crippen molar-refractivity contribution in [3.8, 4) is 56.3 Å². The Labute approximate surface area is 308 Å². The molecule has 9 aromatic carbocycles. The van der Waals surface area contributed by atoms with Crippen molar-refractivity contribution in [3.05, 3.63) is 200 Å². The second-order valence-corrected chi connectivity index (χ2v) is 13.6. The van der Waals surface area contributed by atoms with Gasteiger partial charge in [0.2, 0.25) is 0 Å². The van der Waals surface area contributed by atoms with Crippen LogP contribution in [0, 0.1) is 11.3 Å². The SMILES string of the molecule is N#Cc1ccc(-c2c3ccccc3c(-c3ccccc3)c3ccccc23)c(-c2cccc(-c3ccc(-n4c5ccccc5c5ccccc54)cc3)c2)c1. The first-order valence-corrected chi connectivity index (χ1v) is 18.0. The minimum absolute atomic E-state index is 0.638. The molecule has 0 saturated carbocycles. The van der Waals surface area contributed by atoms with Crippen LogP contribution in [0.5, 0.6) is 0 Å². The number of aromatic nitrogens is 1. The van der Waals surface area contributed by atoms with Gasteiger partial charge in [-0.15, -0.1) is 0 Å². The van der Waals surface area contributed by atoms with E-state index < -0.39 is 0 Å². The van der Waals surface area contributed by atoms with Crippen LogP contribution in [0.1, 0.15) is 5.56 Å². The number of rotatable bonds is 5. The molecule has 246 valence electrons. The largest absolute Gasteiger partial charge is 0.309 e. The molecular weight excluding hydrogens is 641 g/mol. The Morgan fingerprint density at radius 1 is 0.340 bits per heavy atom. The molecule has 0 atom stereocenters. The van der Waals surface area contributed by atoms with Crippen molar-refractivity contribution < 1.29 is 0 Å². The highest BCUT2D eigenvalue weighted by Crippen LogP contribution is 2.46. The third-order valence-corrected chi connectivity index (χ3v) is 10.6. The minimum atomic E-state index is 0.638. The van der Waals surface area contributed by atoms with E-state index in [1.807, 2.05) is 6.07 Å². The number of nitrogens with zero attached hydrogens (tertiary/aromatic N) is 2. The molecule has 0 spiro atoms. The van der Waals surface area contributed by atoms with Crippen LogP contribution in [0.2, 0.25) is 0 Å². The summed E-state index contributed by atoms with van der Waals surface area (Å²) in [4.78, 5) is 0. The Morgan fingerprint density at radius 2 is 0.849 bits per heavy atom. The van der Waals surface area contributed by atoms with Gasteiger partial charge in [0, 0.05) is 16.5 Å². The molecule has 10 aromatic rings. The molecular formula is C51H32N2. The summed E-state index contributed by atoms with van der Waals surface area (Å²) in [6.07, 6.45) is 0. The summed E-state index contributed by atoms with van der Waals surface area (Å²) in [5.41, 5.74) is 13.3. The predicted octanol–water partition coefficient (Wildman–Crippen LogP) is 13.6. The fourth-order valence-electron chi connectivity index (χ4n) is 8.28. The number of hydrogen-bond acceptors (Lipinski definition) is 1.